The zero-order valence-corrected chi connectivity index (χ0v) is 6.33. The van der Waals surface area contributed by atoms with Gasteiger partial charge in [-0.05, 0) is 6.42 Å². The fraction of sp³-hybridized carbons (Fsp3) is 0.667. The van der Waals surface area contributed by atoms with Crippen LogP contribution in [0.15, 0.2) is 0 Å². The van der Waals surface area contributed by atoms with Gasteiger partial charge in [0.25, 0.3) is 0 Å². The first kappa shape index (κ1) is 9.88. The third kappa shape index (κ3) is 4.31. The molecule has 0 heterocycles. The fourth-order valence-corrected chi connectivity index (χ4v) is 0.524. The Balaban J connectivity index is 3.57. The van der Waals surface area contributed by atoms with Crippen molar-refractivity contribution in [3.8, 4) is 6.19 Å². The molecular weight excluding hydrogens is 146 g/mol. The van der Waals surface area contributed by atoms with Gasteiger partial charge in [-0.25, -0.2) is 0 Å². The molecular formula is C6H11N3O2. The number of nitrogens with one attached hydrogen (secondary N) is 1. The number of nitrogens with two attached hydrogens (primary N) is 1. The minimum Gasteiger partial charge on any atom is -0.385 e. The minimum absolute atomic E-state index is 0.417. The van der Waals surface area contributed by atoms with E-state index in [0.717, 1.165) is 0 Å². The van der Waals surface area contributed by atoms with Crippen molar-refractivity contribution in [2.75, 3.05) is 13.7 Å². The van der Waals surface area contributed by atoms with Crippen LogP contribution in [-0.4, -0.2) is 25.7 Å². The molecule has 0 aromatic heterocycles. The van der Waals surface area contributed by atoms with Crippen molar-refractivity contribution in [3.63, 3.8) is 0 Å². The van der Waals surface area contributed by atoms with E-state index in [4.69, 9.17) is 15.7 Å². The Morgan fingerprint density at radius 3 is 3.00 bits per heavy atom. The standard InChI is InChI=1S/C6H11N3O2/c1-11-3-2-5(8)6(10)9-4-7/h5H,2-3,8H2,1H3,(H,9,10). The summed E-state index contributed by atoms with van der Waals surface area (Å²) in [6.07, 6.45) is 1.93. The third-order valence-corrected chi connectivity index (χ3v) is 1.15. The monoisotopic (exact) mass is 157 g/mol. The summed E-state index contributed by atoms with van der Waals surface area (Å²) in [6.45, 7) is 0.417. The van der Waals surface area contributed by atoms with E-state index in [2.05, 4.69) is 0 Å². The molecule has 0 aromatic rings. The molecule has 0 fully saturated rings. The molecule has 0 rings (SSSR count). The van der Waals surface area contributed by atoms with Gasteiger partial charge in [-0.2, -0.15) is 5.26 Å². The first-order chi connectivity index (χ1) is 5.22. The van der Waals surface area contributed by atoms with Crippen LogP contribution in [0.5, 0.6) is 0 Å². The molecule has 1 unspecified atom stereocenters. The minimum atomic E-state index is -0.658. The highest BCUT2D eigenvalue weighted by Gasteiger charge is 2.11. The molecule has 0 aromatic carbocycles. The predicted octanol–water partition coefficient (Wildman–Crippen LogP) is -1.05. The van der Waals surface area contributed by atoms with E-state index in [1.165, 1.54) is 13.3 Å². The highest BCUT2D eigenvalue weighted by molar-refractivity contribution is 5.82. The van der Waals surface area contributed by atoms with Gasteiger partial charge in [0, 0.05) is 13.7 Å². The molecule has 0 spiro atoms. The predicted molar refractivity (Wildman–Crippen MR) is 38.2 cm³/mol. The van der Waals surface area contributed by atoms with Crippen LogP contribution in [-0.2, 0) is 9.53 Å². The Morgan fingerprint density at radius 1 is 1.91 bits per heavy atom. The molecule has 62 valence electrons. The molecule has 1 atom stereocenters. The fourth-order valence-electron chi connectivity index (χ4n) is 0.524. The summed E-state index contributed by atoms with van der Waals surface area (Å²) < 4.78 is 4.70. The van der Waals surface area contributed by atoms with Crippen LogP contribution in [0.3, 0.4) is 0 Å². The maximum absolute atomic E-state index is 10.7. The lowest BCUT2D eigenvalue weighted by atomic mass is 10.2. The van der Waals surface area contributed by atoms with Gasteiger partial charge in [0.15, 0.2) is 6.19 Å². The number of nitriles is 1. The Hall–Kier alpha value is -1.12. The zero-order valence-electron chi connectivity index (χ0n) is 6.33. The third-order valence-electron chi connectivity index (χ3n) is 1.15. The molecule has 0 aliphatic heterocycles. The quantitative estimate of drug-likeness (QED) is 0.402. The summed E-state index contributed by atoms with van der Waals surface area (Å²) in [5.41, 5.74) is 5.35. The number of hydrogen-bond donors (Lipinski definition) is 2. The number of rotatable bonds is 4. The van der Waals surface area contributed by atoms with Crippen molar-refractivity contribution in [2.45, 2.75) is 12.5 Å². The van der Waals surface area contributed by atoms with E-state index in [9.17, 15) is 4.79 Å². The van der Waals surface area contributed by atoms with Crippen molar-refractivity contribution < 1.29 is 9.53 Å². The molecule has 0 aliphatic carbocycles. The highest BCUT2D eigenvalue weighted by atomic mass is 16.5. The van der Waals surface area contributed by atoms with E-state index in [1.807, 2.05) is 5.32 Å². The first-order valence-corrected chi connectivity index (χ1v) is 3.15. The van der Waals surface area contributed by atoms with Crippen LogP contribution >= 0.6 is 0 Å². The van der Waals surface area contributed by atoms with Gasteiger partial charge < -0.3 is 10.5 Å². The normalized spacial score (nSPS) is 11.7. The van der Waals surface area contributed by atoms with Crippen molar-refractivity contribution in [2.24, 2.45) is 5.73 Å². The molecule has 0 radical (unpaired) electrons. The van der Waals surface area contributed by atoms with Gasteiger partial charge in [0.05, 0.1) is 6.04 Å². The Bertz CT molecular complexity index is 164. The summed E-state index contributed by atoms with van der Waals surface area (Å²) in [7, 11) is 1.52. The van der Waals surface area contributed by atoms with E-state index in [0.29, 0.717) is 13.0 Å². The van der Waals surface area contributed by atoms with Gasteiger partial charge in [-0.15, -0.1) is 0 Å². The summed E-state index contributed by atoms with van der Waals surface area (Å²) in [6, 6.07) is -0.658. The number of carbonyl (C=O) groups excluding carboxylic acids is 1. The second-order valence-electron chi connectivity index (χ2n) is 1.99. The van der Waals surface area contributed by atoms with E-state index < -0.39 is 11.9 Å². The SMILES string of the molecule is COCCC(N)C(=O)NC#N. The summed E-state index contributed by atoms with van der Waals surface area (Å²) in [5.74, 6) is -0.468. The van der Waals surface area contributed by atoms with E-state index in [-0.39, 0.29) is 0 Å². The topological polar surface area (TPSA) is 88.1 Å². The molecule has 0 bridgehead atoms. The van der Waals surface area contributed by atoms with Gasteiger partial charge in [-0.1, -0.05) is 0 Å². The number of methoxy groups -OCH3 is 1. The van der Waals surface area contributed by atoms with Crippen molar-refractivity contribution in [1.82, 2.24) is 5.32 Å². The lowest BCUT2D eigenvalue weighted by molar-refractivity contribution is -0.121. The first-order valence-electron chi connectivity index (χ1n) is 3.15. The molecule has 11 heavy (non-hydrogen) atoms. The summed E-state index contributed by atoms with van der Waals surface area (Å²) in [4.78, 5) is 10.7. The van der Waals surface area contributed by atoms with Crippen LogP contribution in [0.4, 0.5) is 0 Å². The molecule has 1 amide bonds. The Kier molecular flexibility index (Phi) is 5.07. The summed E-state index contributed by atoms with van der Waals surface area (Å²) >= 11 is 0. The molecule has 5 nitrogen and oxygen atoms in total. The van der Waals surface area contributed by atoms with Gasteiger partial charge in [0.1, 0.15) is 0 Å². The van der Waals surface area contributed by atoms with Crippen LogP contribution in [0.25, 0.3) is 0 Å². The van der Waals surface area contributed by atoms with Crippen LogP contribution in [0, 0.1) is 11.5 Å². The lowest BCUT2D eigenvalue weighted by Gasteiger charge is -2.06. The average molecular weight is 157 g/mol. The Labute approximate surface area is 65.1 Å². The molecule has 5 heteroatoms. The Morgan fingerprint density at radius 2 is 2.55 bits per heavy atom. The maximum Gasteiger partial charge on any atom is 0.249 e. The number of ether oxygens (including phenoxy) is 1. The number of hydrogen-bond acceptors (Lipinski definition) is 4. The van der Waals surface area contributed by atoms with Gasteiger partial charge in [-0.3, -0.25) is 10.1 Å². The highest BCUT2D eigenvalue weighted by Crippen LogP contribution is 1.87. The van der Waals surface area contributed by atoms with Gasteiger partial charge in [0.2, 0.25) is 5.91 Å². The van der Waals surface area contributed by atoms with E-state index in [1.54, 1.807) is 0 Å². The van der Waals surface area contributed by atoms with Gasteiger partial charge >= 0.3 is 0 Å². The smallest absolute Gasteiger partial charge is 0.249 e. The lowest BCUT2D eigenvalue weighted by Crippen LogP contribution is -2.39. The second-order valence-corrected chi connectivity index (χ2v) is 1.99. The maximum atomic E-state index is 10.7. The number of carbonyl (C=O) groups is 1. The summed E-state index contributed by atoms with van der Waals surface area (Å²) in [5, 5.41) is 9.98. The van der Waals surface area contributed by atoms with Crippen molar-refractivity contribution >= 4 is 5.91 Å². The zero-order chi connectivity index (χ0) is 8.69. The molecule has 3 N–H and O–H groups in total. The number of nitrogens with zero attached hydrogens (tertiary/aromatic N) is 1. The molecule has 0 saturated carbocycles. The largest absolute Gasteiger partial charge is 0.385 e. The molecule has 0 aliphatic rings. The van der Waals surface area contributed by atoms with Crippen LogP contribution in [0.1, 0.15) is 6.42 Å². The number of amides is 1. The van der Waals surface area contributed by atoms with Crippen molar-refractivity contribution in [1.29, 1.82) is 5.26 Å². The second kappa shape index (κ2) is 5.65. The van der Waals surface area contributed by atoms with Crippen LogP contribution < -0.4 is 11.1 Å². The molecule has 0 saturated heterocycles. The van der Waals surface area contributed by atoms with Crippen LogP contribution in [0.2, 0.25) is 0 Å². The van der Waals surface area contributed by atoms with Crippen molar-refractivity contribution in [3.05, 3.63) is 0 Å². The average Bonchev–Trinajstić information content (AvgIpc) is 2.00. The van der Waals surface area contributed by atoms with E-state index >= 15 is 0 Å².